The molecule has 2 rings (SSSR count). The van der Waals surface area contributed by atoms with Crippen LogP contribution >= 0.6 is 23.5 Å². The summed E-state index contributed by atoms with van der Waals surface area (Å²) >= 11 is 3.88. The Morgan fingerprint density at radius 1 is 1.19 bits per heavy atom. The summed E-state index contributed by atoms with van der Waals surface area (Å²) < 4.78 is 0. The van der Waals surface area contributed by atoms with Crippen molar-refractivity contribution in [3.8, 4) is 0 Å². The van der Waals surface area contributed by atoms with E-state index in [1.54, 1.807) is 5.57 Å². The van der Waals surface area contributed by atoms with Crippen molar-refractivity contribution in [1.29, 1.82) is 0 Å². The number of hydrogen-bond donors (Lipinski definition) is 0. The summed E-state index contributed by atoms with van der Waals surface area (Å²) in [6, 6.07) is 8.87. The molecule has 0 heterocycles. The zero-order chi connectivity index (χ0) is 11.5. The fraction of sp³-hybridized carbons (Fsp3) is 0.429. The lowest BCUT2D eigenvalue weighted by atomic mass is 10.1. The summed E-state index contributed by atoms with van der Waals surface area (Å²) in [6.07, 6.45) is 6.89. The molecule has 0 saturated carbocycles. The van der Waals surface area contributed by atoms with Gasteiger partial charge in [0.15, 0.2) is 0 Å². The third kappa shape index (κ3) is 1.93. The highest BCUT2D eigenvalue weighted by molar-refractivity contribution is 8.07. The molecule has 0 spiro atoms. The van der Waals surface area contributed by atoms with E-state index in [9.17, 15) is 0 Å². The lowest BCUT2D eigenvalue weighted by Gasteiger charge is -2.13. The van der Waals surface area contributed by atoms with Crippen LogP contribution in [-0.2, 0) is 0 Å². The Morgan fingerprint density at radius 3 is 2.56 bits per heavy atom. The van der Waals surface area contributed by atoms with Crippen molar-refractivity contribution in [2.45, 2.75) is 25.0 Å². The standard InChI is InChI=1S/C14H18S2/c1-4-7-12-13(15-2)10-8-5-6-9-11(10)14(12)16-3/h5-6,8-9,13H,4,7H2,1-3H3. The molecular weight excluding hydrogens is 232 g/mol. The van der Waals surface area contributed by atoms with E-state index >= 15 is 0 Å². The number of benzene rings is 1. The van der Waals surface area contributed by atoms with Gasteiger partial charge in [-0.3, -0.25) is 0 Å². The van der Waals surface area contributed by atoms with Crippen molar-refractivity contribution < 1.29 is 0 Å². The van der Waals surface area contributed by atoms with Crippen LogP contribution in [-0.4, -0.2) is 12.5 Å². The van der Waals surface area contributed by atoms with Crippen molar-refractivity contribution in [2.75, 3.05) is 12.5 Å². The van der Waals surface area contributed by atoms with Crippen LogP contribution in [0.3, 0.4) is 0 Å². The number of hydrogen-bond acceptors (Lipinski definition) is 2. The molecule has 0 N–H and O–H groups in total. The Hall–Kier alpha value is -0.340. The molecule has 1 aromatic rings. The van der Waals surface area contributed by atoms with E-state index in [4.69, 9.17) is 0 Å². The van der Waals surface area contributed by atoms with Crippen LogP contribution < -0.4 is 0 Å². The third-order valence-corrected chi connectivity index (χ3v) is 4.96. The van der Waals surface area contributed by atoms with Gasteiger partial charge in [0.1, 0.15) is 0 Å². The van der Waals surface area contributed by atoms with Crippen molar-refractivity contribution in [2.24, 2.45) is 0 Å². The molecule has 1 unspecified atom stereocenters. The first kappa shape index (κ1) is 12.1. The molecule has 1 atom stereocenters. The Balaban J connectivity index is 2.50. The maximum absolute atomic E-state index is 2.29. The third-order valence-electron chi connectivity index (χ3n) is 3.06. The van der Waals surface area contributed by atoms with Crippen LogP contribution in [0.2, 0.25) is 0 Å². The molecule has 16 heavy (non-hydrogen) atoms. The van der Waals surface area contributed by atoms with Crippen LogP contribution in [0.25, 0.3) is 4.91 Å². The molecule has 86 valence electrons. The number of fused-ring (bicyclic) bond motifs is 1. The van der Waals surface area contributed by atoms with Crippen LogP contribution in [0.1, 0.15) is 36.1 Å². The van der Waals surface area contributed by atoms with Gasteiger partial charge < -0.3 is 0 Å². The van der Waals surface area contributed by atoms with Gasteiger partial charge in [-0.05, 0) is 35.6 Å². The van der Waals surface area contributed by atoms with Crippen LogP contribution in [0.15, 0.2) is 29.8 Å². The minimum absolute atomic E-state index is 0.596. The van der Waals surface area contributed by atoms with Gasteiger partial charge in [-0.15, -0.1) is 11.8 Å². The maximum Gasteiger partial charge on any atom is 0.0524 e. The minimum Gasteiger partial charge on any atom is -0.153 e. The topological polar surface area (TPSA) is 0 Å². The Morgan fingerprint density at radius 2 is 1.94 bits per heavy atom. The monoisotopic (exact) mass is 250 g/mol. The molecule has 0 saturated heterocycles. The van der Waals surface area contributed by atoms with Gasteiger partial charge in [0.2, 0.25) is 0 Å². The Kier molecular flexibility index (Phi) is 4.04. The zero-order valence-corrected chi connectivity index (χ0v) is 11.8. The van der Waals surface area contributed by atoms with Gasteiger partial charge in [-0.2, -0.15) is 11.8 Å². The molecule has 1 aliphatic carbocycles. The highest BCUT2D eigenvalue weighted by Crippen LogP contribution is 2.51. The van der Waals surface area contributed by atoms with Crippen molar-refractivity contribution in [1.82, 2.24) is 0 Å². The summed E-state index contributed by atoms with van der Waals surface area (Å²) in [5.41, 5.74) is 4.63. The summed E-state index contributed by atoms with van der Waals surface area (Å²) in [5, 5.41) is 0.596. The smallest absolute Gasteiger partial charge is 0.0524 e. The minimum atomic E-state index is 0.596. The molecule has 0 amide bonds. The van der Waals surface area contributed by atoms with Gasteiger partial charge in [-0.25, -0.2) is 0 Å². The molecule has 0 fully saturated rings. The molecule has 0 bridgehead atoms. The predicted molar refractivity (Wildman–Crippen MR) is 78.0 cm³/mol. The summed E-state index contributed by atoms with van der Waals surface area (Å²) in [6.45, 7) is 2.27. The van der Waals surface area contributed by atoms with Crippen molar-refractivity contribution >= 4 is 28.4 Å². The van der Waals surface area contributed by atoms with Gasteiger partial charge >= 0.3 is 0 Å². The highest BCUT2D eigenvalue weighted by Gasteiger charge is 2.29. The Labute approximate surface area is 107 Å². The van der Waals surface area contributed by atoms with Gasteiger partial charge in [-0.1, -0.05) is 37.6 Å². The van der Waals surface area contributed by atoms with Crippen LogP contribution in [0.4, 0.5) is 0 Å². The lowest BCUT2D eigenvalue weighted by molar-refractivity contribution is 0.879. The highest BCUT2D eigenvalue weighted by atomic mass is 32.2. The van der Waals surface area contributed by atoms with Crippen LogP contribution in [0, 0.1) is 0 Å². The molecule has 0 radical (unpaired) electrons. The molecule has 0 nitrogen and oxygen atoms in total. The normalized spacial score (nSPS) is 19.1. The lowest BCUT2D eigenvalue weighted by Crippen LogP contribution is -1.93. The van der Waals surface area contributed by atoms with E-state index in [0.29, 0.717) is 5.25 Å². The average molecular weight is 250 g/mol. The second kappa shape index (κ2) is 5.33. The Bertz CT molecular complexity index is 407. The molecule has 2 heteroatoms. The largest absolute Gasteiger partial charge is 0.153 e. The maximum atomic E-state index is 2.29. The van der Waals surface area contributed by atoms with E-state index in [1.165, 1.54) is 28.9 Å². The van der Waals surface area contributed by atoms with Crippen molar-refractivity contribution in [3.05, 3.63) is 41.0 Å². The van der Waals surface area contributed by atoms with Gasteiger partial charge in [0.05, 0.1) is 5.25 Å². The second-order valence-electron chi connectivity index (χ2n) is 4.01. The molecule has 1 aromatic carbocycles. The molecular formula is C14H18S2. The van der Waals surface area contributed by atoms with E-state index in [-0.39, 0.29) is 0 Å². The number of rotatable bonds is 4. The first-order valence-electron chi connectivity index (χ1n) is 5.72. The van der Waals surface area contributed by atoms with Gasteiger partial charge in [0.25, 0.3) is 0 Å². The average Bonchev–Trinajstić information content (AvgIpc) is 2.62. The first-order chi connectivity index (χ1) is 7.83. The summed E-state index contributed by atoms with van der Waals surface area (Å²) in [5.74, 6) is 0. The molecule has 0 aliphatic heterocycles. The SMILES string of the molecule is CCCC1=C(SC)c2ccccc2C1SC. The fourth-order valence-corrected chi connectivity index (χ4v) is 4.38. The first-order valence-corrected chi connectivity index (χ1v) is 8.23. The second-order valence-corrected chi connectivity index (χ2v) is 5.77. The summed E-state index contributed by atoms with van der Waals surface area (Å²) in [4.78, 5) is 1.52. The fourth-order valence-electron chi connectivity index (χ4n) is 2.44. The predicted octanol–water partition coefficient (Wildman–Crippen LogP) is 4.98. The van der Waals surface area contributed by atoms with Gasteiger partial charge in [0, 0.05) is 4.91 Å². The molecule has 0 aromatic heterocycles. The van der Waals surface area contributed by atoms with Crippen LogP contribution in [0.5, 0.6) is 0 Å². The zero-order valence-electron chi connectivity index (χ0n) is 10.1. The van der Waals surface area contributed by atoms with E-state index < -0.39 is 0 Å². The number of thioether (sulfide) groups is 2. The van der Waals surface area contributed by atoms with E-state index in [1.807, 2.05) is 23.5 Å². The van der Waals surface area contributed by atoms with E-state index in [0.717, 1.165) is 0 Å². The molecule has 1 aliphatic rings. The summed E-state index contributed by atoms with van der Waals surface area (Å²) in [7, 11) is 0. The quantitative estimate of drug-likeness (QED) is 0.739. The van der Waals surface area contributed by atoms with E-state index in [2.05, 4.69) is 43.7 Å². The van der Waals surface area contributed by atoms with Crippen molar-refractivity contribution in [3.63, 3.8) is 0 Å².